The van der Waals surface area contributed by atoms with Gasteiger partial charge in [-0.2, -0.15) is 0 Å². The number of benzene rings is 1. The van der Waals surface area contributed by atoms with E-state index in [2.05, 4.69) is 34.7 Å². The second-order valence-electron chi connectivity index (χ2n) is 5.72. The molecule has 1 aromatic rings. The van der Waals surface area contributed by atoms with Gasteiger partial charge in [0.1, 0.15) is 5.75 Å². The minimum Gasteiger partial charge on any atom is -0.496 e. The minimum absolute atomic E-state index is 0.850. The molecule has 0 aliphatic heterocycles. The van der Waals surface area contributed by atoms with Crippen LogP contribution in [0.25, 0.3) is 0 Å². The number of hydrogen-bond donors (Lipinski definition) is 2. The van der Waals surface area contributed by atoms with Gasteiger partial charge in [-0.25, -0.2) is 0 Å². The molecule has 0 heterocycles. The molecular weight excluding hydrogens is 262 g/mol. The summed E-state index contributed by atoms with van der Waals surface area (Å²) in [6, 6.07) is 6.30. The molecule has 1 saturated carbocycles. The lowest BCUT2D eigenvalue weighted by Gasteiger charge is -2.13. The fraction of sp³-hybridized carbons (Fsp3) is 0.588. The molecule has 1 aliphatic rings. The number of methoxy groups -OCH3 is 1. The van der Waals surface area contributed by atoms with Crippen molar-refractivity contribution in [3.63, 3.8) is 0 Å². The minimum atomic E-state index is 0.850. The summed E-state index contributed by atoms with van der Waals surface area (Å²) in [6.07, 6.45) is 4.99. The number of aryl methyl sites for hydroxylation is 1. The predicted molar refractivity (Wildman–Crippen MR) is 88.1 cm³/mol. The zero-order valence-electron chi connectivity index (χ0n) is 13.4. The van der Waals surface area contributed by atoms with Crippen LogP contribution in [0.15, 0.2) is 23.2 Å². The summed E-state index contributed by atoms with van der Waals surface area (Å²) in [5.74, 6) is 2.80. The van der Waals surface area contributed by atoms with E-state index in [-0.39, 0.29) is 0 Å². The molecule has 1 aliphatic carbocycles. The van der Waals surface area contributed by atoms with Gasteiger partial charge in [0.25, 0.3) is 0 Å². The van der Waals surface area contributed by atoms with Crippen LogP contribution >= 0.6 is 0 Å². The van der Waals surface area contributed by atoms with E-state index in [0.717, 1.165) is 37.1 Å². The molecule has 2 N–H and O–H groups in total. The first-order chi connectivity index (χ1) is 10.2. The molecule has 0 bridgehead atoms. The summed E-state index contributed by atoms with van der Waals surface area (Å²) in [5, 5.41) is 6.74. The second-order valence-corrected chi connectivity index (χ2v) is 5.72. The van der Waals surface area contributed by atoms with Crippen molar-refractivity contribution in [3.05, 3.63) is 29.3 Å². The highest BCUT2D eigenvalue weighted by atomic mass is 16.5. The van der Waals surface area contributed by atoms with Gasteiger partial charge < -0.3 is 15.4 Å². The molecule has 1 aromatic carbocycles. The molecule has 0 amide bonds. The highest BCUT2D eigenvalue weighted by Crippen LogP contribution is 2.31. The van der Waals surface area contributed by atoms with Gasteiger partial charge in [-0.05, 0) is 37.3 Å². The van der Waals surface area contributed by atoms with Crippen molar-refractivity contribution >= 4 is 5.96 Å². The molecule has 0 unspecified atom stereocenters. The predicted octanol–water partition coefficient (Wildman–Crippen LogP) is 2.51. The zero-order chi connectivity index (χ0) is 15.1. The summed E-state index contributed by atoms with van der Waals surface area (Å²) in [5.41, 5.74) is 2.50. The molecule has 0 saturated heterocycles. The Morgan fingerprint density at radius 3 is 2.71 bits per heavy atom. The second kappa shape index (κ2) is 7.91. The Morgan fingerprint density at radius 2 is 2.05 bits per heavy atom. The van der Waals surface area contributed by atoms with Crippen LogP contribution in [0.1, 0.15) is 30.4 Å². The van der Waals surface area contributed by atoms with Crippen LogP contribution in [-0.2, 0) is 6.42 Å². The first-order valence-electron chi connectivity index (χ1n) is 7.81. The van der Waals surface area contributed by atoms with Gasteiger partial charge in [0.05, 0.1) is 7.11 Å². The van der Waals surface area contributed by atoms with E-state index >= 15 is 0 Å². The van der Waals surface area contributed by atoms with Crippen molar-refractivity contribution in [1.82, 2.24) is 10.6 Å². The largest absolute Gasteiger partial charge is 0.496 e. The molecule has 0 aromatic heterocycles. The van der Waals surface area contributed by atoms with E-state index in [4.69, 9.17) is 4.74 Å². The third kappa shape index (κ3) is 5.29. The van der Waals surface area contributed by atoms with E-state index in [1.54, 1.807) is 7.11 Å². The van der Waals surface area contributed by atoms with Gasteiger partial charge in [0, 0.05) is 20.1 Å². The van der Waals surface area contributed by atoms with E-state index in [1.165, 1.54) is 30.4 Å². The standard InChI is InChI=1S/C17H27N3O/c1-13-4-7-16(21-3)15(12-13)9-11-20-17(18-2)19-10-8-14-5-6-14/h4,7,12,14H,5-6,8-11H2,1-3H3,(H2,18,19,20). The van der Waals surface area contributed by atoms with Gasteiger partial charge >= 0.3 is 0 Å². The molecule has 0 spiro atoms. The Morgan fingerprint density at radius 1 is 1.29 bits per heavy atom. The van der Waals surface area contributed by atoms with Crippen LogP contribution in [0.4, 0.5) is 0 Å². The lowest BCUT2D eigenvalue weighted by atomic mass is 10.1. The van der Waals surface area contributed by atoms with Gasteiger partial charge in [-0.3, -0.25) is 4.99 Å². The van der Waals surface area contributed by atoms with Crippen molar-refractivity contribution in [2.45, 2.75) is 32.6 Å². The Balaban J connectivity index is 1.75. The van der Waals surface area contributed by atoms with Gasteiger partial charge in [-0.15, -0.1) is 0 Å². The van der Waals surface area contributed by atoms with Crippen LogP contribution in [0, 0.1) is 12.8 Å². The van der Waals surface area contributed by atoms with Gasteiger partial charge in [-0.1, -0.05) is 30.5 Å². The van der Waals surface area contributed by atoms with E-state index in [1.807, 2.05) is 13.1 Å². The number of hydrogen-bond acceptors (Lipinski definition) is 2. The Kier molecular flexibility index (Phi) is 5.90. The molecular formula is C17H27N3O. The van der Waals surface area contributed by atoms with E-state index in [0.29, 0.717) is 0 Å². The maximum absolute atomic E-state index is 5.41. The van der Waals surface area contributed by atoms with Crippen LogP contribution in [-0.4, -0.2) is 33.2 Å². The molecule has 0 atom stereocenters. The molecule has 0 radical (unpaired) electrons. The lowest BCUT2D eigenvalue weighted by Crippen LogP contribution is -2.38. The highest BCUT2D eigenvalue weighted by Gasteiger charge is 2.20. The molecule has 116 valence electrons. The third-order valence-electron chi connectivity index (χ3n) is 3.89. The van der Waals surface area contributed by atoms with Crippen molar-refractivity contribution in [2.24, 2.45) is 10.9 Å². The number of guanidine groups is 1. The Bertz CT molecular complexity index is 481. The quantitative estimate of drug-likeness (QED) is 0.599. The van der Waals surface area contributed by atoms with E-state index in [9.17, 15) is 0 Å². The van der Waals surface area contributed by atoms with Gasteiger partial charge in [0.2, 0.25) is 0 Å². The first-order valence-corrected chi connectivity index (χ1v) is 7.81. The number of ether oxygens (including phenoxy) is 1. The monoisotopic (exact) mass is 289 g/mol. The number of nitrogens with one attached hydrogen (secondary N) is 2. The van der Waals surface area contributed by atoms with Crippen molar-refractivity contribution in [3.8, 4) is 5.75 Å². The van der Waals surface area contributed by atoms with Crippen LogP contribution < -0.4 is 15.4 Å². The van der Waals surface area contributed by atoms with Crippen molar-refractivity contribution < 1.29 is 4.74 Å². The normalized spacial score (nSPS) is 14.9. The summed E-state index contributed by atoms with van der Waals surface area (Å²) in [4.78, 5) is 4.26. The Hall–Kier alpha value is -1.71. The van der Waals surface area contributed by atoms with Crippen molar-refractivity contribution in [1.29, 1.82) is 0 Å². The smallest absolute Gasteiger partial charge is 0.190 e. The Labute approximate surface area is 128 Å². The summed E-state index contributed by atoms with van der Waals surface area (Å²) in [6.45, 7) is 3.97. The van der Waals surface area contributed by atoms with Crippen LogP contribution in [0.5, 0.6) is 5.75 Å². The van der Waals surface area contributed by atoms with E-state index < -0.39 is 0 Å². The van der Waals surface area contributed by atoms with Crippen LogP contribution in [0.2, 0.25) is 0 Å². The molecule has 4 nitrogen and oxygen atoms in total. The summed E-state index contributed by atoms with van der Waals surface area (Å²) in [7, 11) is 3.54. The average Bonchev–Trinajstić information content (AvgIpc) is 3.30. The third-order valence-corrected chi connectivity index (χ3v) is 3.89. The number of nitrogens with zero attached hydrogens (tertiary/aromatic N) is 1. The van der Waals surface area contributed by atoms with Crippen LogP contribution in [0.3, 0.4) is 0 Å². The topological polar surface area (TPSA) is 45.7 Å². The average molecular weight is 289 g/mol. The maximum atomic E-state index is 5.41. The highest BCUT2D eigenvalue weighted by molar-refractivity contribution is 5.79. The molecule has 21 heavy (non-hydrogen) atoms. The summed E-state index contributed by atoms with van der Waals surface area (Å²) >= 11 is 0. The lowest BCUT2D eigenvalue weighted by molar-refractivity contribution is 0.409. The molecule has 4 heteroatoms. The fourth-order valence-corrected chi connectivity index (χ4v) is 2.44. The number of aliphatic imine (C=N–C) groups is 1. The maximum Gasteiger partial charge on any atom is 0.190 e. The number of rotatable bonds is 7. The zero-order valence-corrected chi connectivity index (χ0v) is 13.4. The molecule has 1 fully saturated rings. The SMILES string of the molecule is CN=C(NCCc1cc(C)ccc1OC)NCCC1CC1. The summed E-state index contributed by atoms with van der Waals surface area (Å²) < 4.78 is 5.41. The van der Waals surface area contributed by atoms with Gasteiger partial charge in [0.15, 0.2) is 5.96 Å². The fourth-order valence-electron chi connectivity index (χ4n) is 2.44. The first kappa shape index (κ1) is 15.7. The van der Waals surface area contributed by atoms with Crippen molar-refractivity contribution in [2.75, 3.05) is 27.2 Å². The molecule has 2 rings (SSSR count).